The van der Waals surface area contributed by atoms with Gasteiger partial charge in [0, 0.05) is 24.6 Å². The maximum Gasteiger partial charge on any atom is 0.335 e. The Kier molecular flexibility index (Phi) is 3.17. The topological polar surface area (TPSA) is 70.5 Å². The summed E-state index contributed by atoms with van der Waals surface area (Å²) >= 11 is 0. The molecule has 0 saturated carbocycles. The number of amides is 1. The van der Waals surface area contributed by atoms with Gasteiger partial charge >= 0.3 is 5.97 Å². The van der Waals surface area contributed by atoms with Gasteiger partial charge in [-0.25, -0.2) is 4.79 Å². The van der Waals surface area contributed by atoms with Crippen molar-refractivity contribution in [2.75, 3.05) is 11.4 Å². The Morgan fingerprint density at radius 1 is 1.19 bits per heavy atom. The van der Waals surface area contributed by atoms with Crippen molar-refractivity contribution in [2.24, 2.45) is 0 Å². The van der Waals surface area contributed by atoms with Crippen molar-refractivity contribution >= 4 is 17.6 Å². The number of rotatable bonds is 2. The highest BCUT2D eigenvalue weighted by Gasteiger charge is 2.26. The number of pyridine rings is 1. The summed E-state index contributed by atoms with van der Waals surface area (Å²) in [5, 5.41) is 9.08. The molecule has 21 heavy (non-hydrogen) atoms. The number of hydrogen-bond donors (Lipinski definition) is 1. The molecule has 0 bridgehead atoms. The highest BCUT2D eigenvalue weighted by Crippen LogP contribution is 2.30. The first-order valence-electron chi connectivity index (χ1n) is 6.66. The first-order chi connectivity index (χ1) is 10.1. The van der Waals surface area contributed by atoms with E-state index in [1.165, 1.54) is 6.20 Å². The van der Waals surface area contributed by atoms with Crippen LogP contribution in [-0.4, -0.2) is 28.5 Å². The molecule has 1 aromatic heterocycles. The molecule has 3 rings (SSSR count). The Bertz CT molecular complexity index is 740. The van der Waals surface area contributed by atoms with E-state index >= 15 is 0 Å². The van der Waals surface area contributed by atoms with Crippen molar-refractivity contribution in [3.8, 4) is 0 Å². The normalized spacial score (nSPS) is 13.1. The minimum absolute atomic E-state index is 0.146. The second kappa shape index (κ2) is 5.01. The number of aromatic carboxylic acids is 1. The summed E-state index contributed by atoms with van der Waals surface area (Å²) < 4.78 is 0. The molecule has 1 amide bonds. The molecule has 0 spiro atoms. The predicted molar refractivity (Wildman–Crippen MR) is 77.8 cm³/mol. The summed E-state index contributed by atoms with van der Waals surface area (Å²) in [6.07, 6.45) is 3.96. The third-order valence-electron chi connectivity index (χ3n) is 3.59. The molecule has 106 valence electrons. The average Bonchev–Trinajstić information content (AvgIpc) is 2.89. The van der Waals surface area contributed by atoms with E-state index in [1.54, 1.807) is 35.4 Å². The van der Waals surface area contributed by atoms with Crippen molar-refractivity contribution in [1.29, 1.82) is 0 Å². The largest absolute Gasteiger partial charge is 0.478 e. The van der Waals surface area contributed by atoms with E-state index < -0.39 is 5.97 Å². The minimum atomic E-state index is -0.991. The number of carbonyl (C=O) groups is 2. The van der Waals surface area contributed by atoms with Crippen LogP contribution in [-0.2, 0) is 6.42 Å². The standard InChI is InChI=1S/C16H14N2O3/c1-10-6-13(9-17-8-10)15(19)18-5-4-11-2-3-12(16(20)21)7-14(11)18/h2-3,6-9H,4-5H2,1H3,(H,20,21). The third-order valence-corrected chi connectivity index (χ3v) is 3.59. The van der Waals surface area contributed by atoms with Crippen LogP contribution >= 0.6 is 0 Å². The number of carboxylic acid groups (broad SMARTS) is 1. The van der Waals surface area contributed by atoms with Gasteiger partial charge in [0.2, 0.25) is 0 Å². The van der Waals surface area contributed by atoms with Gasteiger partial charge in [0.05, 0.1) is 11.1 Å². The minimum Gasteiger partial charge on any atom is -0.478 e. The summed E-state index contributed by atoms with van der Waals surface area (Å²) in [4.78, 5) is 29.3. The van der Waals surface area contributed by atoms with Crippen molar-refractivity contribution in [3.63, 3.8) is 0 Å². The number of nitrogens with zero attached hydrogens (tertiary/aromatic N) is 2. The summed E-state index contributed by atoms with van der Waals surface area (Å²) in [7, 11) is 0. The molecule has 5 nitrogen and oxygen atoms in total. The lowest BCUT2D eigenvalue weighted by atomic mass is 10.1. The maximum atomic E-state index is 12.6. The van der Waals surface area contributed by atoms with Crippen LogP contribution in [0.4, 0.5) is 5.69 Å². The third kappa shape index (κ3) is 2.38. The lowest BCUT2D eigenvalue weighted by molar-refractivity contribution is 0.0696. The van der Waals surface area contributed by atoms with Crippen LogP contribution in [0.1, 0.15) is 31.8 Å². The molecule has 0 radical (unpaired) electrons. The molecule has 0 aliphatic carbocycles. The van der Waals surface area contributed by atoms with Crippen LogP contribution in [0.2, 0.25) is 0 Å². The molecule has 0 unspecified atom stereocenters. The van der Waals surface area contributed by atoms with E-state index in [0.29, 0.717) is 17.8 Å². The summed E-state index contributed by atoms with van der Waals surface area (Å²) in [5.74, 6) is -1.14. The Hall–Kier alpha value is -2.69. The molecular formula is C16H14N2O3. The second-order valence-corrected chi connectivity index (χ2v) is 5.11. The highest BCUT2D eigenvalue weighted by atomic mass is 16.4. The van der Waals surface area contributed by atoms with Crippen molar-refractivity contribution in [3.05, 3.63) is 58.9 Å². The van der Waals surface area contributed by atoms with Gasteiger partial charge in [-0.2, -0.15) is 0 Å². The van der Waals surface area contributed by atoms with Gasteiger partial charge in [-0.1, -0.05) is 6.07 Å². The number of aromatic nitrogens is 1. The number of aryl methyl sites for hydroxylation is 1. The molecule has 5 heteroatoms. The fourth-order valence-electron chi connectivity index (χ4n) is 2.55. The first kappa shape index (κ1) is 13.3. The van der Waals surface area contributed by atoms with E-state index in [-0.39, 0.29) is 11.5 Å². The fourth-order valence-corrected chi connectivity index (χ4v) is 2.55. The molecule has 2 aromatic rings. The number of fused-ring (bicyclic) bond motifs is 1. The van der Waals surface area contributed by atoms with Crippen LogP contribution in [0.25, 0.3) is 0 Å². The fraction of sp³-hybridized carbons (Fsp3) is 0.188. The number of benzene rings is 1. The number of hydrogen-bond acceptors (Lipinski definition) is 3. The summed E-state index contributed by atoms with van der Waals surface area (Å²) in [6.45, 7) is 2.44. The smallest absolute Gasteiger partial charge is 0.335 e. The lowest BCUT2D eigenvalue weighted by Crippen LogP contribution is -2.29. The van der Waals surface area contributed by atoms with Crippen LogP contribution < -0.4 is 4.90 Å². The van der Waals surface area contributed by atoms with Gasteiger partial charge in [-0.3, -0.25) is 9.78 Å². The Labute approximate surface area is 121 Å². The molecule has 1 aromatic carbocycles. The molecule has 0 fully saturated rings. The highest BCUT2D eigenvalue weighted by molar-refractivity contribution is 6.07. The Morgan fingerprint density at radius 2 is 2.00 bits per heavy atom. The summed E-state index contributed by atoms with van der Waals surface area (Å²) in [5.41, 5.74) is 3.30. The van der Waals surface area contributed by atoms with Crippen LogP contribution in [0.5, 0.6) is 0 Å². The zero-order valence-corrected chi connectivity index (χ0v) is 11.5. The molecule has 0 atom stereocenters. The molecule has 1 aliphatic heterocycles. The molecular weight excluding hydrogens is 268 g/mol. The monoisotopic (exact) mass is 282 g/mol. The van der Waals surface area contributed by atoms with E-state index in [0.717, 1.165) is 17.5 Å². The predicted octanol–water partition coefficient (Wildman–Crippen LogP) is 2.29. The van der Waals surface area contributed by atoms with E-state index in [1.807, 2.05) is 6.92 Å². The van der Waals surface area contributed by atoms with Gasteiger partial charge in [0.15, 0.2) is 0 Å². The van der Waals surface area contributed by atoms with Crippen LogP contribution in [0, 0.1) is 6.92 Å². The van der Waals surface area contributed by atoms with Crippen LogP contribution in [0.15, 0.2) is 36.7 Å². The zero-order valence-electron chi connectivity index (χ0n) is 11.5. The van der Waals surface area contributed by atoms with Crippen molar-refractivity contribution in [2.45, 2.75) is 13.3 Å². The molecule has 2 heterocycles. The van der Waals surface area contributed by atoms with E-state index in [4.69, 9.17) is 5.11 Å². The van der Waals surface area contributed by atoms with Gasteiger partial charge in [-0.05, 0) is 42.7 Å². The molecule has 1 aliphatic rings. The summed E-state index contributed by atoms with van der Waals surface area (Å²) in [6, 6.07) is 6.70. The number of anilines is 1. The van der Waals surface area contributed by atoms with Crippen molar-refractivity contribution < 1.29 is 14.7 Å². The van der Waals surface area contributed by atoms with Gasteiger partial charge in [-0.15, -0.1) is 0 Å². The lowest BCUT2D eigenvalue weighted by Gasteiger charge is -2.17. The maximum absolute atomic E-state index is 12.6. The average molecular weight is 282 g/mol. The van der Waals surface area contributed by atoms with Gasteiger partial charge in [0.1, 0.15) is 0 Å². The number of carbonyl (C=O) groups excluding carboxylic acids is 1. The van der Waals surface area contributed by atoms with Gasteiger partial charge in [0.25, 0.3) is 5.91 Å². The Morgan fingerprint density at radius 3 is 2.71 bits per heavy atom. The zero-order chi connectivity index (χ0) is 15.0. The Balaban J connectivity index is 1.98. The van der Waals surface area contributed by atoms with Gasteiger partial charge < -0.3 is 10.0 Å². The molecule has 1 N–H and O–H groups in total. The van der Waals surface area contributed by atoms with Crippen LogP contribution in [0.3, 0.4) is 0 Å². The first-order valence-corrected chi connectivity index (χ1v) is 6.66. The van der Waals surface area contributed by atoms with E-state index in [2.05, 4.69) is 4.98 Å². The SMILES string of the molecule is Cc1cncc(C(=O)N2CCc3ccc(C(=O)O)cc32)c1. The quantitative estimate of drug-likeness (QED) is 0.917. The number of carboxylic acids is 1. The molecule has 0 saturated heterocycles. The van der Waals surface area contributed by atoms with Crippen molar-refractivity contribution in [1.82, 2.24) is 4.98 Å². The van der Waals surface area contributed by atoms with E-state index in [9.17, 15) is 9.59 Å². The second-order valence-electron chi connectivity index (χ2n) is 5.11.